The van der Waals surface area contributed by atoms with Gasteiger partial charge in [-0.3, -0.25) is 4.90 Å². The molecule has 0 aliphatic carbocycles. The van der Waals surface area contributed by atoms with Gasteiger partial charge in [0.2, 0.25) is 0 Å². The van der Waals surface area contributed by atoms with Crippen LogP contribution in [0.1, 0.15) is 18.6 Å². The van der Waals surface area contributed by atoms with Crippen LogP contribution in [0.15, 0.2) is 21.2 Å². The van der Waals surface area contributed by atoms with Gasteiger partial charge >= 0.3 is 0 Å². The van der Waals surface area contributed by atoms with Crippen LogP contribution in [-0.4, -0.2) is 31.1 Å². The minimum atomic E-state index is 0.656. The molecule has 1 atom stereocenters. The zero-order valence-corrected chi connectivity index (χ0v) is 10.6. The molecule has 0 spiro atoms. The van der Waals surface area contributed by atoms with E-state index in [1.54, 1.807) is 6.26 Å². The molecule has 1 aliphatic rings. The second kappa shape index (κ2) is 5.14. The number of rotatable bonds is 4. The Balaban J connectivity index is 1.81. The van der Waals surface area contributed by atoms with E-state index in [1.165, 1.54) is 19.4 Å². The van der Waals surface area contributed by atoms with Crippen molar-refractivity contribution in [3.63, 3.8) is 0 Å². The van der Waals surface area contributed by atoms with E-state index >= 15 is 0 Å². The summed E-state index contributed by atoms with van der Waals surface area (Å²) in [5, 5.41) is 3.50. The Hall–Kier alpha value is -0.320. The number of hydrogen-bond acceptors (Lipinski definition) is 3. The van der Waals surface area contributed by atoms with Crippen molar-refractivity contribution >= 4 is 15.9 Å². The predicted octanol–water partition coefficient (Wildman–Crippen LogP) is 2.23. The average Bonchev–Trinajstić information content (AvgIpc) is 2.79. The first-order valence-corrected chi connectivity index (χ1v) is 6.19. The van der Waals surface area contributed by atoms with Crippen LogP contribution in [0, 0.1) is 0 Å². The fourth-order valence-electron chi connectivity index (χ4n) is 2.04. The Morgan fingerprint density at radius 3 is 3.13 bits per heavy atom. The third-order valence-corrected chi connectivity index (χ3v) is 3.51. The molecule has 1 fully saturated rings. The van der Waals surface area contributed by atoms with Crippen molar-refractivity contribution in [1.82, 2.24) is 10.2 Å². The number of likely N-dealkylation sites (N-methyl/N-ethyl adjacent to an activating group) is 1. The largest absolute Gasteiger partial charge is 0.467 e. The van der Waals surface area contributed by atoms with Crippen LogP contribution < -0.4 is 5.32 Å². The van der Waals surface area contributed by atoms with E-state index in [9.17, 15) is 0 Å². The van der Waals surface area contributed by atoms with Crippen molar-refractivity contribution in [2.24, 2.45) is 0 Å². The van der Waals surface area contributed by atoms with Gasteiger partial charge in [0.25, 0.3) is 0 Å². The summed E-state index contributed by atoms with van der Waals surface area (Å²) in [7, 11) is 2.13. The highest BCUT2D eigenvalue weighted by molar-refractivity contribution is 9.10. The van der Waals surface area contributed by atoms with E-state index in [0.717, 1.165) is 23.3 Å². The predicted molar refractivity (Wildman–Crippen MR) is 63.8 cm³/mol. The molecule has 1 aliphatic heterocycles. The summed E-state index contributed by atoms with van der Waals surface area (Å²) in [5.74, 6) is 1.01. The molecule has 1 N–H and O–H groups in total. The minimum Gasteiger partial charge on any atom is -0.467 e. The highest BCUT2D eigenvalue weighted by atomic mass is 79.9. The zero-order chi connectivity index (χ0) is 10.7. The molecule has 1 aromatic heterocycles. The fourth-order valence-corrected chi connectivity index (χ4v) is 2.36. The highest BCUT2D eigenvalue weighted by Gasteiger charge is 2.16. The molecule has 0 bridgehead atoms. The summed E-state index contributed by atoms with van der Waals surface area (Å²) < 4.78 is 6.45. The summed E-state index contributed by atoms with van der Waals surface area (Å²) in [6.45, 7) is 3.13. The van der Waals surface area contributed by atoms with Gasteiger partial charge in [0.05, 0.1) is 17.3 Å². The number of halogens is 1. The van der Waals surface area contributed by atoms with E-state index in [0.29, 0.717) is 6.04 Å². The molecule has 1 aromatic rings. The van der Waals surface area contributed by atoms with Crippen LogP contribution in [0.5, 0.6) is 0 Å². The minimum absolute atomic E-state index is 0.656. The maximum Gasteiger partial charge on any atom is 0.131 e. The van der Waals surface area contributed by atoms with Crippen LogP contribution in [0.2, 0.25) is 0 Å². The number of hydrogen-bond donors (Lipinski definition) is 1. The van der Waals surface area contributed by atoms with E-state index in [1.807, 2.05) is 6.07 Å². The SMILES string of the molecule is CN(Cc1occc1Br)CC1CCCN1. The first kappa shape index (κ1) is 11.2. The van der Waals surface area contributed by atoms with Crippen LogP contribution in [0.25, 0.3) is 0 Å². The Bertz CT molecular complexity index is 307. The maximum absolute atomic E-state index is 5.39. The number of nitrogens with zero attached hydrogens (tertiary/aromatic N) is 1. The van der Waals surface area contributed by atoms with E-state index < -0.39 is 0 Å². The highest BCUT2D eigenvalue weighted by Crippen LogP contribution is 2.19. The van der Waals surface area contributed by atoms with E-state index in [4.69, 9.17) is 4.42 Å². The summed E-state index contributed by atoms with van der Waals surface area (Å²) in [4.78, 5) is 2.30. The Morgan fingerprint density at radius 1 is 1.67 bits per heavy atom. The monoisotopic (exact) mass is 272 g/mol. The Kier molecular flexibility index (Phi) is 3.83. The van der Waals surface area contributed by atoms with Crippen molar-refractivity contribution in [3.8, 4) is 0 Å². The van der Waals surface area contributed by atoms with Crippen LogP contribution >= 0.6 is 15.9 Å². The smallest absolute Gasteiger partial charge is 0.131 e. The van der Waals surface area contributed by atoms with Gasteiger partial charge in [-0.25, -0.2) is 0 Å². The summed E-state index contributed by atoms with van der Waals surface area (Å²) in [6, 6.07) is 2.60. The molecule has 2 rings (SSSR count). The Morgan fingerprint density at radius 2 is 2.53 bits per heavy atom. The normalized spacial score (nSPS) is 21.4. The molecule has 0 radical (unpaired) electrons. The molecule has 4 heteroatoms. The molecule has 84 valence electrons. The first-order chi connectivity index (χ1) is 7.25. The van der Waals surface area contributed by atoms with Crippen molar-refractivity contribution in [2.45, 2.75) is 25.4 Å². The van der Waals surface area contributed by atoms with Crippen molar-refractivity contribution in [3.05, 3.63) is 22.6 Å². The second-order valence-corrected chi connectivity index (χ2v) is 5.04. The van der Waals surface area contributed by atoms with Crippen LogP contribution in [0.3, 0.4) is 0 Å². The molecule has 2 heterocycles. The van der Waals surface area contributed by atoms with Gasteiger partial charge in [-0.05, 0) is 48.4 Å². The quantitative estimate of drug-likeness (QED) is 0.911. The average molecular weight is 273 g/mol. The van der Waals surface area contributed by atoms with Gasteiger partial charge in [-0.1, -0.05) is 0 Å². The molecule has 3 nitrogen and oxygen atoms in total. The topological polar surface area (TPSA) is 28.4 Å². The molecule has 1 unspecified atom stereocenters. The van der Waals surface area contributed by atoms with Crippen molar-refractivity contribution in [2.75, 3.05) is 20.1 Å². The van der Waals surface area contributed by atoms with Crippen LogP contribution in [-0.2, 0) is 6.54 Å². The molecule has 0 saturated carbocycles. The van der Waals surface area contributed by atoms with Crippen molar-refractivity contribution in [1.29, 1.82) is 0 Å². The van der Waals surface area contributed by atoms with Gasteiger partial charge in [0.1, 0.15) is 5.76 Å². The third-order valence-electron chi connectivity index (χ3n) is 2.80. The van der Waals surface area contributed by atoms with Gasteiger partial charge in [0, 0.05) is 12.6 Å². The number of nitrogens with one attached hydrogen (secondary N) is 1. The van der Waals surface area contributed by atoms with Gasteiger partial charge in [-0.2, -0.15) is 0 Å². The molecule has 0 aromatic carbocycles. The molecular weight excluding hydrogens is 256 g/mol. The van der Waals surface area contributed by atoms with Crippen LogP contribution in [0.4, 0.5) is 0 Å². The lowest BCUT2D eigenvalue weighted by Gasteiger charge is -2.20. The van der Waals surface area contributed by atoms with E-state index in [-0.39, 0.29) is 0 Å². The molecule has 15 heavy (non-hydrogen) atoms. The third kappa shape index (κ3) is 3.06. The number of furan rings is 1. The second-order valence-electron chi connectivity index (χ2n) is 4.18. The first-order valence-electron chi connectivity index (χ1n) is 5.39. The molecular formula is C11H17BrN2O. The summed E-state index contributed by atoms with van der Waals surface area (Å²) in [5.41, 5.74) is 0. The van der Waals surface area contributed by atoms with Gasteiger partial charge in [-0.15, -0.1) is 0 Å². The van der Waals surface area contributed by atoms with E-state index in [2.05, 4.69) is 33.2 Å². The standard InChI is InChI=1S/C11H17BrN2O/c1-14(7-9-3-2-5-13-9)8-11-10(12)4-6-15-11/h4,6,9,13H,2-3,5,7-8H2,1H3. The lowest BCUT2D eigenvalue weighted by atomic mass is 10.2. The van der Waals surface area contributed by atoms with Crippen molar-refractivity contribution < 1.29 is 4.42 Å². The Labute approximate surface area is 99.0 Å². The zero-order valence-electron chi connectivity index (χ0n) is 9.00. The lowest BCUT2D eigenvalue weighted by Crippen LogP contribution is -2.34. The molecule has 1 saturated heterocycles. The van der Waals surface area contributed by atoms with Gasteiger partial charge < -0.3 is 9.73 Å². The van der Waals surface area contributed by atoms with Gasteiger partial charge in [0.15, 0.2) is 0 Å². The summed E-state index contributed by atoms with van der Waals surface area (Å²) >= 11 is 3.47. The molecule has 0 amide bonds. The summed E-state index contributed by atoms with van der Waals surface area (Å²) in [6.07, 6.45) is 4.33. The fraction of sp³-hybridized carbons (Fsp3) is 0.636. The maximum atomic E-state index is 5.39. The lowest BCUT2D eigenvalue weighted by molar-refractivity contribution is 0.268.